The lowest BCUT2D eigenvalue weighted by molar-refractivity contribution is -0.202. The van der Waals surface area contributed by atoms with E-state index in [-0.39, 0.29) is 6.54 Å². The van der Waals surface area contributed by atoms with Gasteiger partial charge < -0.3 is 10.2 Å². The van der Waals surface area contributed by atoms with Crippen molar-refractivity contribution in [3.8, 4) is 0 Å². The van der Waals surface area contributed by atoms with Crippen LogP contribution in [-0.4, -0.2) is 43.5 Å². The minimum absolute atomic E-state index is 0.134. The van der Waals surface area contributed by atoms with Gasteiger partial charge in [-0.2, -0.15) is 0 Å². The van der Waals surface area contributed by atoms with Gasteiger partial charge in [-0.15, -0.1) is 0 Å². The zero-order chi connectivity index (χ0) is 9.53. The first-order chi connectivity index (χ1) is 6.10. The average Bonchev–Trinajstić information content (AvgIpc) is 2.00. The Morgan fingerprint density at radius 1 is 1.38 bits per heavy atom. The number of rotatable bonds is 1. The molecule has 0 radical (unpaired) electrons. The Balaban J connectivity index is 2.05. The fourth-order valence-electron chi connectivity index (χ4n) is 2.37. The molecular weight excluding hydrogens is 174 g/mol. The zero-order valence-electron chi connectivity index (χ0n) is 7.95. The van der Waals surface area contributed by atoms with E-state index in [2.05, 4.69) is 10.2 Å². The van der Waals surface area contributed by atoms with Crippen LogP contribution in [0.1, 0.15) is 13.3 Å². The molecule has 0 aliphatic carbocycles. The minimum atomic E-state index is -2.50. The number of alkyl halides is 2. The summed E-state index contributed by atoms with van der Waals surface area (Å²) in [6.45, 7) is 4.69. The molecule has 2 aliphatic heterocycles. The zero-order valence-corrected chi connectivity index (χ0v) is 7.95. The van der Waals surface area contributed by atoms with Crippen molar-refractivity contribution in [2.24, 2.45) is 5.41 Å². The van der Waals surface area contributed by atoms with Crippen LogP contribution >= 0.6 is 0 Å². The third kappa shape index (κ3) is 1.27. The van der Waals surface area contributed by atoms with Gasteiger partial charge in [0.2, 0.25) is 0 Å². The molecule has 0 atom stereocenters. The molecule has 0 unspecified atom stereocenters. The number of likely N-dealkylation sites (tertiary alicyclic amines) is 1. The topological polar surface area (TPSA) is 15.3 Å². The monoisotopic (exact) mass is 190 g/mol. The van der Waals surface area contributed by atoms with Crippen molar-refractivity contribution in [1.82, 2.24) is 10.2 Å². The van der Waals surface area contributed by atoms with Crippen LogP contribution in [0.4, 0.5) is 8.78 Å². The van der Waals surface area contributed by atoms with Crippen molar-refractivity contribution in [3.63, 3.8) is 0 Å². The van der Waals surface area contributed by atoms with E-state index in [0.29, 0.717) is 19.5 Å². The van der Waals surface area contributed by atoms with Crippen molar-refractivity contribution in [2.45, 2.75) is 19.3 Å². The van der Waals surface area contributed by atoms with Gasteiger partial charge in [0, 0.05) is 13.1 Å². The molecule has 0 aromatic carbocycles. The summed E-state index contributed by atoms with van der Waals surface area (Å²) < 4.78 is 27.1. The Labute approximate surface area is 77.3 Å². The quantitative estimate of drug-likeness (QED) is 0.662. The summed E-state index contributed by atoms with van der Waals surface area (Å²) in [5.41, 5.74) is -0.700. The number of nitrogens with zero attached hydrogens (tertiary/aromatic N) is 1. The minimum Gasteiger partial charge on any atom is -0.311 e. The smallest absolute Gasteiger partial charge is 0.268 e. The van der Waals surface area contributed by atoms with Gasteiger partial charge in [0.1, 0.15) is 0 Å². The number of piperidine rings is 1. The van der Waals surface area contributed by atoms with Crippen LogP contribution in [0.25, 0.3) is 0 Å². The van der Waals surface area contributed by atoms with E-state index < -0.39 is 11.3 Å². The third-order valence-electron chi connectivity index (χ3n) is 3.40. The predicted molar refractivity (Wildman–Crippen MR) is 47.0 cm³/mol. The lowest BCUT2D eigenvalue weighted by Gasteiger charge is -2.55. The molecule has 0 aromatic rings. The molecule has 2 nitrogen and oxygen atoms in total. The summed E-state index contributed by atoms with van der Waals surface area (Å²) in [6, 6.07) is 0. The first kappa shape index (κ1) is 9.34. The van der Waals surface area contributed by atoms with E-state index in [1.807, 2.05) is 6.92 Å². The van der Waals surface area contributed by atoms with Gasteiger partial charge >= 0.3 is 0 Å². The highest BCUT2D eigenvalue weighted by Gasteiger charge is 2.60. The molecule has 2 heterocycles. The highest BCUT2D eigenvalue weighted by Crippen LogP contribution is 2.48. The molecule has 2 rings (SSSR count). The summed E-state index contributed by atoms with van der Waals surface area (Å²) in [4.78, 5) is 2.08. The summed E-state index contributed by atoms with van der Waals surface area (Å²) in [7, 11) is 0. The summed E-state index contributed by atoms with van der Waals surface area (Å²) in [6.07, 6.45) is 0.622. The Morgan fingerprint density at radius 3 is 2.62 bits per heavy atom. The molecule has 0 aromatic heterocycles. The van der Waals surface area contributed by atoms with Gasteiger partial charge in [-0.1, -0.05) is 6.92 Å². The Hall–Kier alpha value is -0.220. The van der Waals surface area contributed by atoms with Gasteiger partial charge in [-0.3, -0.25) is 0 Å². The van der Waals surface area contributed by atoms with E-state index in [1.165, 1.54) is 0 Å². The fourth-order valence-corrected chi connectivity index (χ4v) is 2.37. The summed E-state index contributed by atoms with van der Waals surface area (Å²) in [5, 5.41) is 2.76. The molecule has 1 N–H and O–H groups in total. The standard InChI is InChI=1S/C9H16F2N2/c1-2-13-6-8(7-13)3-4-12-5-9(8,10)11/h12H,2-7H2,1H3. The summed E-state index contributed by atoms with van der Waals surface area (Å²) in [5.74, 6) is -2.50. The first-order valence-electron chi connectivity index (χ1n) is 4.91. The van der Waals surface area contributed by atoms with Crippen molar-refractivity contribution in [1.29, 1.82) is 0 Å². The number of nitrogens with one attached hydrogen (secondary N) is 1. The maximum absolute atomic E-state index is 13.5. The van der Waals surface area contributed by atoms with E-state index in [4.69, 9.17) is 0 Å². The second kappa shape index (κ2) is 2.89. The number of hydrogen-bond donors (Lipinski definition) is 1. The fraction of sp³-hybridized carbons (Fsp3) is 1.00. The molecule has 2 saturated heterocycles. The van der Waals surface area contributed by atoms with E-state index in [1.54, 1.807) is 0 Å². The predicted octanol–water partition coefficient (Wildman–Crippen LogP) is 0.937. The van der Waals surface area contributed by atoms with Gasteiger partial charge in [-0.05, 0) is 19.5 Å². The maximum Gasteiger partial charge on any atom is 0.268 e. The van der Waals surface area contributed by atoms with Gasteiger partial charge in [-0.25, -0.2) is 8.78 Å². The SMILES string of the molecule is CCN1CC2(CCNCC2(F)F)C1. The molecule has 0 amide bonds. The molecule has 2 aliphatic rings. The molecule has 1 spiro atoms. The molecule has 76 valence electrons. The summed E-state index contributed by atoms with van der Waals surface area (Å²) >= 11 is 0. The molecule has 0 bridgehead atoms. The highest BCUT2D eigenvalue weighted by atomic mass is 19.3. The second-order valence-corrected chi connectivity index (χ2v) is 4.21. The molecular formula is C9H16F2N2. The normalized spacial score (nSPS) is 31.6. The second-order valence-electron chi connectivity index (χ2n) is 4.21. The molecule has 13 heavy (non-hydrogen) atoms. The Morgan fingerprint density at radius 2 is 2.08 bits per heavy atom. The van der Waals surface area contributed by atoms with Crippen molar-refractivity contribution < 1.29 is 8.78 Å². The van der Waals surface area contributed by atoms with Crippen molar-refractivity contribution >= 4 is 0 Å². The number of hydrogen-bond acceptors (Lipinski definition) is 2. The van der Waals surface area contributed by atoms with Gasteiger partial charge in [0.25, 0.3) is 5.92 Å². The number of halogens is 2. The average molecular weight is 190 g/mol. The molecule has 0 saturated carbocycles. The lowest BCUT2D eigenvalue weighted by Crippen LogP contribution is -2.69. The maximum atomic E-state index is 13.5. The van der Waals surface area contributed by atoms with Crippen LogP contribution in [-0.2, 0) is 0 Å². The largest absolute Gasteiger partial charge is 0.311 e. The van der Waals surface area contributed by atoms with Crippen LogP contribution < -0.4 is 5.32 Å². The van der Waals surface area contributed by atoms with E-state index in [0.717, 1.165) is 13.1 Å². The molecule has 2 fully saturated rings. The van der Waals surface area contributed by atoms with Crippen molar-refractivity contribution in [3.05, 3.63) is 0 Å². The first-order valence-corrected chi connectivity index (χ1v) is 4.91. The molecule has 4 heteroatoms. The highest BCUT2D eigenvalue weighted by molar-refractivity contribution is 5.06. The van der Waals surface area contributed by atoms with E-state index in [9.17, 15) is 8.78 Å². The Kier molecular flexibility index (Phi) is 2.07. The lowest BCUT2D eigenvalue weighted by atomic mass is 9.69. The van der Waals surface area contributed by atoms with Gasteiger partial charge in [0.05, 0.1) is 12.0 Å². The van der Waals surface area contributed by atoms with Gasteiger partial charge in [0.15, 0.2) is 0 Å². The van der Waals surface area contributed by atoms with Crippen LogP contribution in [0.3, 0.4) is 0 Å². The Bertz CT molecular complexity index is 200. The van der Waals surface area contributed by atoms with Crippen LogP contribution in [0.5, 0.6) is 0 Å². The van der Waals surface area contributed by atoms with Crippen LogP contribution in [0.2, 0.25) is 0 Å². The third-order valence-corrected chi connectivity index (χ3v) is 3.40. The van der Waals surface area contributed by atoms with E-state index >= 15 is 0 Å². The van der Waals surface area contributed by atoms with Crippen LogP contribution in [0.15, 0.2) is 0 Å². The van der Waals surface area contributed by atoms with Crippen LogP contribution in [0, 0.1) is 5.41 Å². The van der Waals surface area contributed by atoms with Crippen molar-refractivity contribution in [2.75, 3.05) is 32.7 Å².